The number of aromatic nitrogens is 2. The predicted molar refractivity (Wildman–Crippen MR) is 111 cm³/mol. The molecule has 0 saturated heterocycles. The summed E-state index contributed by atoms with van der Waals surface area (Å²) in [5.41, 5.74) is 1.75. The number of carbonyl (C=O) groups is 2. The number of hydrogen-bond donors (Lipinski definition) is 1. The molecule has 7 heteroatoms. The van der Waals surface area contributed by atoms with Crippen molar-refractivity contribution < 1.29 is 14.3 Å². The zero-order valence-electron chi connectivity index (χ0n) is 17.5. The lowest BCUT2D eigenvalue weighted by molar-refractivity contribution is -0.130. The van der Waals surface area contributed by atoms with Gasteiger partial charge in [-0.15, -0.1) is 0 Å². The molecule has 29 heavy (non-hydrogen) atoms. The maximum atomic E-state index is 12.6. The summed E-state index contributed by atoms with van der Waals surface area (Å²) < 4.78 is 7.01. The van der Waals surface area contributed by atoms with Gasteiger partial charge in [-0.3, -0.25) is 9.59 Å². The van der Waals surface area contributed by atoms with Crippen molar-refractivity contribution in [3.8, 4) is 0 Å². The van der Waals surface area contributed by atoms with E-state index in [-0.39, 0.29) is 17.5 Å². The Morgan fingerprint density at radius 2 is 2.03 bits per heavy atom. The summed E-state index contributed by atoms with van der Waals surface area (Å²) in [5, 5.41) is 3.02. The third kappa shape index (κ3) is 4.49. The minimum absolute atomic E-state index is 0.135. The number of aryl methyl sites for hydroxylation is 2. The number of fused-ring (bicyclic) bond motifs is 1. The van der Waals surface area contributed by atoms with Gasteiger partial charge >= 0.3 is 5.97 Å². The Kier molecular flexibility index (Phi) is 6.35. The van der Waals surface area contributed by atoms with E-state index in [0.717, 1.165) is 19.3 Å². The van der Waals surface area contributed by atoms with Gasteiger partial charge in [0, 0.05) is 12.6 Å². The zero-order valence-corrected chi connectivity index (χ0v) is 17.5. The van der Waals surface area contributed by atoms with Crippen LogP contribution < -0.4 is 10.9 Å². The number of benzene rings is 1. The summed E-state index contributed by atoms with van der Waals surface area (Å²) >= 11 is 0. The van der Waals surface area contributed by atoms with E-state index >= 15 is 0 Å². The van der Waals surface area contributed by atoms with Gasteiger partial charge < -0.3 is 14.6 Å². The molecule has 1 N–H and O–H groups in total. The average Bonchev–Trinajstić information content (AvgIpc) is 2.70. The highest BCUT2D eigenvalue weighted by molar-refractivity contribution is 5.95. The Morgan fingerprint density at radius 1 is 1.31 bits per heavy atom. The number of ether oxygens (including phenoxy) is 1. The molecule has 0 unspecified atom stereocenters. The number of nitrogens with one attached hydrogen (secondary N) is 1. The van der Waals surface area contributed by atoms with Crippen molar-refractivity contribution in [2.75, 3.05) is 0 Å². The fourth-order valence-electron chi connectivity index (χ4n) is 3.93. The fraction of sp³-hybridized carbons (Fsp3) is 0.545. The van der Waals surface area contributed by atoms with Gasteiger partial charge in [0.15, 0.2) is 6.10 Å². The Labute approximate surface area is 170 Å². The van der Waals surface area contributed by atoms with Crippen molar-refractivity contribution in [3.63, 3.8) is 0 Å². The lowest BCUT2D eigenvalue weighted by Gasteiger charge is -2.30. The van der Waals surface area contributed by atoms with Crippen LogP contribution in [0.2, 0.25) is 0 Å². The van der Waals surface area contributed by atoms with Crippen LogP contribution in [0.5, 0.6) is 0 Å². The molecule has 1 aliphatic rings. The van der Waals surface area contributed by atoms with Crippen LogP contribution in [0.25, 0.3) is 11.0 Å². The standard InChI is InChI=1S/C22H29N3O4/c1-5-25-19-11-10-16(12-18(19)23-14(3)21(25)27)22(28)29-15(4)20(26)24-17-9-7-6-8-13(17)2/h10-13,15,17H,5-9H2,1-4H3,(H,24,26)/t13-,15-,17+/m0/s1. The lowest BCUT2D eigenvalue weighted by atomic mass is 9.86. The average molecular weight is 399 g/mol. The molecule has 1 saturated carbocycles. The van der Waals surface area contributed by atoms with Crippen LogP contribution in [0.1, 0.15) is 62.5 Å². The first-order valence-corrected chi connectivity index (χ1v) is 10.3. The highest BCUT2D eigenvalue weighted by Crippen LogP contribution is 2.24. The number of hydrogen-bond acceptors (Lipinski definition) is 5. The molecule has 3 atom stereocenters. The molecular weight excluding hydrogens is 370 g/mol. The van der Waals surface area contributed by atoms with Crippen molar-refractivity contribution in [2.45, 2.75) is 72.1 Å². The van der Waals surface area contributed by atoms with Crippen LogP contribution in [0, 0.1) is 12.8 Å². The van der Waals surface area contributed by atoms with Gasteiger partial charge in [0.25, 0.3) is 11.5 Å². The van der Waals surface area contributed by atoms with E-state index in [1.807, 2.05) is 6.92 Å². The summed E-state index contributed by atoms with van der Waals surface area (Å²) in [6.45, 7) is 7.77. The maximum Gasteiger partial charge on any atom is 0.338 e. The monoisotopic (exact) mass is 399 g/mol. The van der Waals surface area contributed by atoms with Crippen LogP contribution in [-0.4, -0.2) is 33.6 Å². The molecule has 0 aliphatic heterocycles. The summed E-state index contributed by atoms with van der Waals surface area (Å²) in [5.74, 6) is -0.423. The smallest absolute Gasteiger partial charge is 0.338 e. The molecule has 1 fully saturated rings. The van der Waals surface area contributed by atoms with Crippen LogP contribution in [-0.2, 0) is 16.1 Å². The van der Waals surface area contributed by atoms with Gasteiger partial charge in [-0.25, -0.2) is 9.78 Å². The van der Waals surface area contributed by atoms with Crippen molar-refractivity contribution in [1.29, 1.82) is 0 Å². The molecule has 3 rings (SSSR count). The van der Waals surface area contributed by atoms with Crippen molar-refractivity contribution >= 4 is 22.9 Å². The van der Waals surface area contributed by atoms with Crippen LogP contribution in [0.4, 0.5) is 0 Å². The topological polar surface area (TPSA) is 90.3 Å². The molecule has 1 aromatic carbocycles. The largest absolute Gasteiger partial charge is 0.449 e. The Morgan fingerprint density at radius 3 is 2.72 bits per heavy atom. The molecule has 1 aromatic heterocycles. The Bertz CT molecular complexity index is 982. The SMILES string of the molecule is CCn1c(=O)c(C)nc2cc(C(=O)O[C@@H](C)C(=O)N[C@@H]3CCCC[C@@H]3C)ccc21. The number of nitrogens with zero attached hydrogens (tertiary/aromatic N) is 2. The summed E-state index contributed by atoms with van der Waals surface area (Å²) in [4.78, 5) is 41.5. The highest BCUT2D eigenvalue weighted by atomic mass is 16.5. The van der Waals surface area contributed by atoms with E-state index in [4.69, 9.17) is 4.74 Å². The normalized spacial score (nSPS) is 20.3. The van der Waals surface area contributed by atoms with Gasteiger partial charge in [0.05, 0.1) is 16.6 Å². The minimum atomic E-state index is -0.883. The van der Waals surface area contributed by atoms with Gasteiger partial charge in [-0.05, 0) is 57.7 Å². The molecule has 0 bridgehead atoms. The molecule has 7 nitrogen and oxygen atoms in total. The first kappa shape index (κ1) is 21.0. The molecule has 2 aromatic rings. The lowest BCUT2D eigenvalue weighted by Crippen LogP contribution is -2.45. The maximum absolute atomic E-state index is 12.6. The molecular formula is C22H29N3O4. The molecule has 1 aliphatic carbocycles. The van der Waals surface area contributed by atoms with E-state index < -0.39 is 12.1 Å². The van der Waals surface area contributed by atoms with Gasteiger partial charge in [-0.2, -0.15) is 0 Å². The second-order valence-corrected chi connectivity index (χ2v) is 7.87. The van der Waals surface area contributed by atoms with Gasteiger partial charge in [0.2, 0.25) is 0 Å². The quantitative estimate of drug-likeness (QED) is 0.781. The molecule has 156 valence electrons. The minimum Gasteiger partial charge on any atom is -0.449 e. The fourth-order valence-corrected chi connectivity index (χ4v) is 3.93. The van der Waals surface area contributed by atoms with Crippen molar-refractivity contribution in [1.82, 2.24) is 14.9 Å². The molecule has 1 heterocycles. The Hall–Kier alpha value is -2.70. The molecule has 0 spiro atoms. The van der Waals surface area contributed by atoms with Gasteiger partial charge in [-0.1, -0.05) is 19.8 Å². The Balaban J connectivity index is 1.72. The van der Waals surface area contributed by atoms with E-state index in [2.05, 4.69) is 17.2 Å². The summed E-state index contributed by atoms with van der Waals surface area (Å²) in [7, 11) is 0. The molecule has 0 radical (unpaired) electrons. The molecule has 1 amide bonds. The van der Waals surface area contributed by atoms with E-state index in [1.54, 1.807) is 36.6 Å². The third-order valence-corrected chi connectivity index (χ3v) is 5.75. The van der Waals surface area contributed by atoms with Crippen molar-refractivity contribution in [3.05, 3.63) is 39.8 Å². The van der Waals surface area contributed by atoms with Gasteiger partial charge in [0.1, 0.15) is 5.69 Å². The number of esters is 1. The van der Waals surface area contributed by atoms with E-state index in [0.29, 0.717) is 34.8 Å². The van der Waals surface area contributed by atoms with E-state index in [1.165, 1.54) is 6.42 Å². The number of amides is 1. The van der Waals surface area contributed by atoms with Crippen LogP contribution >= 0.6 is 0 Å². The number of carbonyl (C=O) groups excluding carboxylic acids is 2. The van der Waals surface area contributed by atoms with Crippen LogP contribution in [0.15, 0.2) is 23.0 Å². The third-order valence-electron chi connectivity index (χ3n) is 5.75. The summed E-state index contributed by atoms with van der Waals surface area (Å²) in [6.07, 6.45) is 3.48. The van der Waals surface area contributed by atoms with Crippen molar-refractivity contribution in [2.24, 2.45) is 5.92 Å². The zero-order chi connectivity index (χ0) is 21.1. The van der Waals surface area contributed by atoms with E-state index in [9.17, 15) is 14.4 Å². The first-order valence-electron chi connectivity index (χ1n) is 10.3. The highest BCUT2D eigenvalue weighted by Gasteiger charge is 2.26. The van der Waals surface area contributed by atoms with Crippen LogP contribution in [0.3, 0.4) is 0 Å². The summed E-state index contributed by atoms with van der Waals surface area (Å²) in [6, 6.07) is 5.03. The first-order chi connectivity index (χ1) is 13.8. The second-order valence-electron chi connectivity index (χ2n) is 7.87. The predicted octanol–water partition coefficient (Wildman–Crippen LogP) is 2.97. The number of rotatable bonds is 5. The second kappa shape index (κ2) is 8.76.